The number of benzene rings is 1. The molecule has 0 spiro atoms. The van der Waals surface area contributed by atoms with E-state index < -0.39 is 0 Å². The SMILES string of the molecule is CCCCCn1cc(C(=O)C2C(C)(C)C2(C)C)c2ccccc21. The minimum Gasteiger partial charge on any atom is -0.347 e. The van der Waals surface area contributed by atoms with Gasteiger partial charge in [0.1, 0.15) is 0 Å². The smallest absolute Gasteiger partial charge is 0.169 e. The second kappa shape index (κ2) is 5.51. The Morgan fingerprint density at radius 3 is 2.35 bits per heavy atom. The van der Waals surface area contributed by atoms with Gasteiger partial charge in [0.2, 0.25) is 0 Å². The number of carbonyl (C=O) groups is 1. The van der Waals surface area contributed by atoms with Gasteiger partial charge < -0.3 is 4.57 Å². The normalized spacial score (nSPS) is 19.2. The molecule has 0 atom stereocenters. The molecule has 1 aliphatic rings. The first kappa shape index (κ1) is 16.3. The van der Waals surface area contributed by atoms with Crippen LogP contribution in [0.5, 0.6) is 0 Å². The third kappa shape index (κ3) is 2.43. The van der Waals surface area contributed by atoms with E-state index >= 15 is 0 Å². The van der Waals surface area contributed by atoms with Crippen LogP contribution in [-0.4, -0.2) is 10.4 Å². The summed E-state index contributed by atoms with van der Waals surface area (Å²) in [5.74, 6) is 0.454. The highest BCUT2D eigenvalue weighted by Crippen LogP contribution is 2.69. The molecule has 1 saturated carbocycles. The second-order valence-corrected chi connectivity index (χ2v) is 8.20. The van der Waals surface area contributed by atoms with Crippen LogP contribution in [0.1, 0.15) is 64.2 Å². The number of nitrogens with zero attached hydrogens (tertiary/aromatic N) is 1. The summed E-state index contributed by atoms with van der Waals surface area (Å²) in [6.07, 6.45) is 5.73. The fraction of sp³-hybridized carbons (Fsp3) is 0.571. The number of rotatable bonds is 6. The summed E-state index contributed by atoms with van der Waals surface area (Å²) in [4.78, 5) is 13.2. The number of carbonyl (C=O) groups excluding carboxylic acids is 1. The molecule has 0 aliphatic heterocycles. The third-order valence-electron chi connectivity index (χ3n) is 6.34. The number of aromatic nitrogens is 1. The first-order valence-electron chi connectivity index (χ1n) is 8.94. The lowest BCUT2D eigenvalue weighted by Gasteiger charge is -2.03. The minimum absolute atomic E-state index is 0.0928. The molecule has 2 nitrogen and oxygen atoms in total. The van der Waals surface area contributed by atoms with E-state index in [0.717, 1.165) is 17.5 Å². The predicted octanol–water partition coefficient (Wildman–Crippen LogP) is 5.70. The molecule has 23 heavy (non-hydrogen) atoms. The Balaban J connectivity index is 1.97. The Morgan fingerprint density at radius 2 is 1.74 bits per heavy atom. The fourth-order valence-corrected chi connectivity index (χ4v) is 4.17. The number of para-hydroxylation sites is 1. The van der Waals surface area contributed by atoms with Gasteiger partial charge in [-0.15, -0.1) is 0 Å². The number of fused-ring (bicyclic) bond motifs is 1. The highest BCUT2D eigenvalue weighted by atomic mass is 16.1. The zero-order valence-corrected chi connectivity index (χ0v) is 15.1. The Morgan fingerprint density at radius 1 is 1.09 bits per heavy atom. The molecule has 0 N–H and O–H groups in total. The second-order valence-electron chi connectivity index (χ2n) is 8.20. The number of hydrogen-bond acceptors (Lipinski definition) is 1. The molecule has 0 radical (unpaired) electrons. The lowest BCUT2D eigenvalue weighted by molar-refractivity contribution is 0.0946. The van der Waals surface area contributed by atoms with Gasteiger partial charge in [0, 0.05) is 35.1 Å². The van der Waals surface area contributed by atoms with Gasteiger partial charge in [-0.05, 0) is 23.3 Å². The highest BCUT2D eigenvalue weighted by Gasteiger charge is 2.68. The molecule has 2 aromatic rings. The molecule has 1 heterocycles. The minimum atomic E-state index is 0.0928. The molecule has 0 unspecified atom stereocenters. The molecule has 0 amide bonds. The van der Waals surface area contributed by atoms with E-state index in [0.29, 0.717) is 5.78 Å². The van der Waals surface area contributed by atoms with E-state index in [1.165, 1.54) is 24.8 Å². The van der Waals surface area contributed by atoms with Crippen LogP contribution in [0.25, 0.3) is 10.9 Å². The van der Waals surface area contributed by atoms with Crippen molar-refractivity contribution < 1.29 is 4.79 Å². The van der Waals surface area contributed by atoms with Crippen LogP contribution in [0, 0.1) is 16.7 Å². The van der Waals surface area contributed by atoms with Gasteiger partial charge in [0.05, 0.1) is 0 Å². The van der Waals surface area contributed by atoms with Crippen molar-refractivity contribution in [3.05, 3.63) is 36.0 Å². The molecule has 1 aliphatic carbocycles. The first-order valence-corrected chi connectivity index (χ1v) is 8.94. The van der Waals surface area contributed by atoms with E-state index in [9.17, 15) is 4.79 Å². The summed E-state index contributed by atoms with van der Waals surface area (Å²) in [6.45, 7) is 12.1. The van der Waals surface area contributed by atoms with Gasteiger partial charge in [0.25, 0.3) is 0 Å². The van der Waals surface area contributed by atoms with Crippen molar-refractivity contribution in [2.45, 2.75) is 60.4 Å². The molecular formula is C21H29NO. The van der Waals surface area contributed by atoms with Crippen LogP contribution in [0.3, 0.4) is 0 Å². The first-order chi connectivity index (χ1) is 10.8. The van der Waals surface area contributed by atoms with E-state index in [1.807, 2.05) is 6.07 Å². The van der Waals surface area contributed by atoms with Gasteiger partial charge in [-0.1, -0.05) is 65.7 Å². The average molecular weight is 311 g/mol. The summed E-state index contributed by atoms with van der Waals surface area (Å²) in [7, 11) is 0. The molecule has 0 saturated heterocycles. The van der Waals surface area contributed by atoms with E-state index in [2.05, 4.69) is 63.6 Å². The van der Waals surface area contributed by atoms with Crippen LogP contribution < -0.4 is 0 Å². The topological polar surface area (TPSA) is 22.0 Å². The van der Waals surface area contributed by atoms with Gasteiger partial charge in [-0.2, -0.15) is 0 Å². The van der Waals surface area contributed by atoms with Crippen molar-refractivity contribution in [2.24, 2.45) is 16.7 Å². The average Bonchev–Trinajstić information content (AvgIpc) is 2.80. The fourth-order valence-electron chi connectivity index (χ4n) is 4.17. The van der Waals surface area contributed by atoms with Crippen LogP contribution in [-0.2, 0) is 6.54 Å². The van der Waals surface area contributed by atoms with Crippen molar-refractivity contribution in [2.75, 3.05) is 0 Å². The van der Waals surface area contributed by atoms with Crippen molar-refractivity contribution in [3.63, 3.8) is 0 Å². The maximum absolute atomic E-state index is 13.2. The quantitative estimate of drug-likeness (QED) is 0.495. The monoisotopic (exact) mass is 311 g/mol. The molecule has 124 valence electrons. The summed E-state index contributed by atoms with van der Waals surface area (Å²) in [6, 6.07) is 8.35. The van der Waals surface area contributed by atoms with Crippen molar-refractivity contribution in [1.82, 2.24) is 4.57 Å². The zero-order valence-electron chi connectivity index (χ0n) is 15.1. The zero-order chi connectivity index (χ0) is 16.8. The Labute approximate surface area is 139 Å². The lowest BCUT2D eigenvalue weighted by Crippen LogP contribution is -2.07. The molecule has 1 aromatic heterocycles. The van der Waals surface area contributed by atoms with Crippen LogP contribution >= 0.6 is 0 Å². The van der Waals surface area contributed by atoms with Gasteiger partial charge in [0.15, 0.2) is 5.78 Å². The maximum atomic E-state index is 13.2. The molecule has 1 aromatic carbocycles. The molecular weight excluding hydrogens is 282 g/mol. The van der Waals surface area contributed by atoms with Crippen LogP contribution in [0.15, 0.2) is 30.5 Å². The Bertz CT molecular complexity index is 721. The highest BCUT2D eigenvalue weighted by molar-refractivity contribution is 6.11. The molecule has 3 rings (SSSR count). The van der Waals surface area contributed by atoms with Crippen molar-refractivity contribution in [1.29, 1.82) is 0 Å². The third-order valence-corrected chi connectivity index (χ3v) is 6.34. The van der Waals surface area contributed by atoms with Crippen LogP contribution in [0.4, 0.5) is 0 Å². The molecule has 1 fully saturated rings. The Hall–Kier alpha value is -1.57. The largest absolute Gasteiger partial charge is 0.347 e. The number of unbranched alkanes of at least 4 members (excludes halogenated alkanes) is 2. The van der Waals surface area contributed by atoms with Gasteiger partial charge >= 0.3 is 0 Å². The lowest BCUT2D eigenvalue weighted by atomic mass is 10.0. The van der Waals surface area contributed by atoms with E-state index in [1.54, 1.807) is 0 Å². The van der Waals surface area contributed by atoms with Crippen LogP contribution in [0.2, 0.25) is 0 Å². The van der Waals surface area contributed by atoms with Crippen molar-refractivity contribution in [3.8, 4) is 0 Å². The Kier molecular flexibility index (Phi) is 3.90. The summed E-state index contributed by atoms with van der Waals surface area (Å²) in [5, 5.41) is 1.12. The van der Waals surface area contributed by atoms with Gasteiger partial charge in [-0.25, -0.2) is 0 Å². The summed E-state index contributed by atoms with van der Waals surface area (Å²) >= 11 is 0. The van der Waals surface area contributed by atoms with Crippen molar-refractivity contribution >= 4 is 16.7 Å². The standard InChI is InChI=1S/C21H29NO/c1-6-7-10-13-22-14-16(15-11-8-9-12-17(15)22)18(23)19-20(2,3)21(19,4)5/h8-9,11-12,14,19H,6-7,10,13H2,1-5H3. The predicted molar refractivity (Wildman–Crippen MR) is 96.8 cm³/mol. The number of hydrogen-bond donors (Lipinski definition) is 0. The van der Waals surface area contributed by atoms with E-state index in [4.69, 9.17) is 0 Å². The number of aryl methyl sites for hydroxylation is 1. The number of ketones is 1. The van der Waals surface area contributed by atoms with Gasteiger partial charge in [-0.3, -0.25) is 4.79 Å². The number of Topliss-reactive ketones (excluding diaryl/α,β-unsaturated/α-hetero) is 1. The molecule has 2 heteroatoms. The summed E-state index contributed by atoms with van der Waals surface area (Å²) in [5.41, 5.74) is 2.30. The maximum Gasteiger partial charge on any atom is 0.169 e. The summed E-state index contributed by atoms with van der Waals surface area (Å²) < 4.78 is 2.28. The molecule has 0 bridgehead atoms. The van der Waals surface area contributed by atoms with E-state index in [-0.39, 0.29) is 16.7 Å².